The van der Waals surface area contributed by atoms with Gasteiger partial charge in [-0.25, -0.2) is 0 Å². The summed E-state index contributed by atoms with van der Waals surface area (Å²) in [5, 5.41) is 5.23. The lowest BCUT2D eigenvalue weighted by Gasteiger charge is -2.25. The van der Waals surface area contributed by atoms with E-state index in [9.17, 15) is 0 Å². The van der Waals surface area contributed by atoms with Crippen molar-refractivity contribution in [3.05, 3.63) is 32.8 Å². The smallest absolute Gasteiger partial charge is 0.0641 e. The molecule has 1 atom stereocenters. The van der Waals surface area contributed by atoms with Crippen LogP contribution in [0.1, 0.15) is 30.9 Å². The minimum Gasteiger partial charge on any atom is -0.310 e. The molecule has 0 radical (unpaired) electrons. The van der Waals surface area contributed by atoms with Crippen LogP contribution >= 0.6 is 47.2 Å². The third-order valence-electron chi connectivity index (χ3n) is 2.71. The van der Waals surface area contributed by atoms with Crippen LogP contribution in [0.2, 0.25) is 15.1 Å². The van der Waals surface area contributed by atoms with Crippen molar-refractivity contribution in [3.8, 4) is 0 Å². The van der Waals surface area contributed by atoms with Gasteiger partial charge in [0.25, 0.3) is 0 Å². The molecule has 1 nitrogen and oxygen atoms in total. The lowest BCUT2D eigenvalue weighted by atomic mass is 9.97. The summed E-state index contributed by atoms with van der Waals surface area (Å²) in [4.78, 5) is 0. The molecule has 0 saturated carbocycles. The first-order chi connectivity index (χ1) is 7.18. The lowest BCUT2D eigenvalue weighted by Crippen LogP contribution is -2.27. The molecule has 1 heterocycles. The quantitative estimate of drug-likeness (QED) is 0.729. The molecule has 1 saturated heterocycles. The minimum atomic E-state index is 0. The maximum Gasteiger partial charge on any atom is 0.0641 e. The molecule has 0 amide bonds. The zero-order chi connectivity index (χ0) is 10.8. The number of hydrogen-bond acceptors (Lipinski definition) is 1. The molecule has 1 aliphatic rings. The second kappa shape index (κ2) is 6.32. The molecule has 0 bridgehead atoms. The summed E-state index contributed by atoms with van der Waals surface area (Å²) >= 11 is 18.1. The second-order valence-electron chi connectivity index (χ2n) is 3.79. The van der Waals surface area contributed by atoms with Crippen molar-refractivity contribution in [2.45, 2.75) is 25.3 Å². The Morgan fingerprint density at radius 1 is 1.12 bits per heavy atom. The normalized spacial score (nSPS) is 20.3. The summed E-state index contributed by atoms with van der Waals surface area (Å²) in [6.45, 7) is 1.03. The van der Waals surface area contributed by atoms with E-state index in [1.807, 2.05) is 6.07 Å². The van der Waals surface area contributed by atoms with Gasteiger partial charge in [0.2, 0.25) is 0 Å². The molecule has 90 valence electrons. The van der Waals surface area contributed by atoms with Crippen molar-refractivity contribution in [2.75, 3.05) is 6.54 Å². The zero-order valence-electron chi connectivity index (χ0n) is 8.60. The molecular weight excluding hydrogens is 288 g/mol. The summed E-state index contributed by atoms with van der Waals surface area (Å²) < 4.78 is 0. The molecular formula is C11H13Cl4N. The molecule has 0 aromatic heterocycles. The maximum atomic E-state index is 6.17. The summed E-state index contributed by atoms with van der Waals surface area (Å²) in [5.41, 5.74) is 1.02. The Morgan fingerprint density at radius 2 is 1.88 bits per heavy atom. The molecule has 1 aromatic rings. The van der Waals surface area contributed by atoms with E-state index >= 15 is 0 Å². The molecule has 0 aliphatic carbocycles. The van der Waals surface area contributed by atoms with Crippen LogP contribution in [0.3, 0.4) is 0 Å². The van der Waals surface area contributed by atoms with E-state index < -0.39 is 0 Å². The lowest BCUT2D eigenvalue weighted by molar-refractivity contribution is 0.412. The Balaban J connectivity index is 0.00000128. The molecule has 16 heavy (non-hydrogen) atoms. The first-order valence-corrected chi connectivity index (χ1v) is 6.19. The fourth-order valence-corrected chi connectivity index (χ4v) is 2.70. The van der Waals surface area contributed by atoms with Gasteiger partial charge in [0, 0.05) is 11.1 Å². The highest BCUT2D eigenvalue weighted by atomic mass is 35.5. The monoisotopic (exact) mass is 299 g/mol. The summed E-state index contributed by atoms with van der Waals surface area (Å²) in [6, 6.07) is 3.87. The van der Waals surface area contributed by atoms with Crippen molar-refractivity contribution >= 4 is 47.2 Å². The Bertz CT molecular complexity index is 361. The Labute approximate surface area is 117 Å². The van der Waals surface area contributed by atoms with Crippen molar-refractivity contribution in [3.63, 3.8) is 0 Å². The summed E-state index contributed by atoms with van der Waals surface area (Å²) in [6.07, 6.45) is 3.54. The Hall–Kier alpha value is 0.340. The van der Waals surface area contributed by atoms with E-state index in [2.05, 4.69) is 5.32 Å². The van der Waals surface area contributed by atoms with E-state index in [0.717, 1.165) is 18.5 Å². The van der Waals surface area contributed by atoms with Crippen LogP contribution in [-0.2, 0) is 0 Å². The molecule has 1 fully saturated rings. The van der Waals surface area contributed by atoms with Crippen LogP contribution in [0.25, 0.3) is 0 Å². The van der Waals surface area contributed by atoms with Crippen molar-refractivity contribution < 1.29 is 0 Å². The first kappa shape index (κ1) is 14.4. The van der Waals surface area contributed by atoms with E-state index in [0.29, 0.717) is 21.1 Å². The third-order valence-corrected chi connectivity index (χ3v) is 3.74. The number of rotatable bonds is 1. The largest absolute Gasteiger partial charge is 0.310 e. The fourth-order valence-electron chi connectivity index (χ4n) is 1.95. The molecule has 1 N–H and O–H groups in total. The van der Waals surface area contributed by atoms with Crippen LogP contribution in [-0.4, -0.2) is 6.54 Å². The van der Waals surface area contributed by atoms with Crippen molar-refractivity contribution in [2.24, 2.45) is 0 Å². The van der Waals surface area contributed by atoms with Gasteiger partial charge in [-0.3, -0.25) is 0 Å². The molecule has 2 rings (SSSR count). The standard InChI is InChI=1S/C11H12Cl3N.ClH/c12-7-5-8(11(14)9(13)6-7)10-3-1-2-4-15-10;/h5-6,10,15H,1-4H2;1H/t10-;/m1./s1. The maximum absolute atomic E-state index is 6.17. The van der Waals surface area contributed by atoms with Crippen LogP contribution in [0.15, 0.2) is 12.1 Å². The molecule has 5 heteroatoms. The molecule has 0 unspecified atom stereocenters. The number of piperidine rings is 1. The van der Waals surface area contributed by atoms with E-state index in [-0.39, 0.29) is 12.4 Å². The highest BCUT2D eigenvalue weighted by Gasteiger charge is 2.19. The summed E-state index contributed by atoms with van der Waals surface area (Å²) in [7, 11) is 0. The van der Waals surface area contributed by atoms with Crippen LogP contribution in [0, 0.1) is 0 Å². The van der Waals surface area contributed by atoms with Gasteiger partial charge in [0.1, 0.15) is 0 Å². The van der Waals surface area contributed by atoms with Gasteiger partial charge < -0.3 is 5.32 Å². The first-order valence-electron chi connectivity index (χ1n) is 5.06. The van der Waals surface area contributed by atoms with Gasteiger partial charge >= 0.3 is 0 Å². The van der Waals surface area contributed by atoms with Gasteiger partial charge in [-0.1, -0.05) is 41.2 Å². The van der Waals surface area contributed by atoms with Crippen LogP contribution in [0.5, 0.6) is 0 Å². The SMILES string of the molecule is Cl.Clc1cc(Cl)c(Cl)c([C@H]2CCCCN2)c1. The van der Waals surface area contributed by atoms with E-state index in [1.54, 1.807) is 6.07 Å². The van der Waals surface area contributed by atoms with Crippen molar-refractivity contribution in [1.82, 2.24) is 5.32 Å². The molecule has 1 aliphatic heterocycles. The van der Waals surface area contributed by atoms with Gasteiger partial charge in [-0.2, -0.15) is 0 Å². The third kappa shape index (κ3) is 3.18. The summed E-state index contributed by atoms with van der Waals surface area (Å²) in [5.74, 6) is 0. The van der Waals surface area contributed by atoms with Gasteiger partial charge in [-0.15, -0.1) is 12.4 Å². The Kier molecular flexibility index (Phi) is 5.69. The van der Waals surface area contributed by atoms with Gasteiger partial charge in [0.05, 0.1) is 10.0 Å². The van der Waals surface area contributed by atoms with Crippen LogP contribution < -0.4 is 5.32 Å². The number of hydrogen-bond donors (Lipinski definition) is 1. The van der Waals surface area contributed by atoms with Gasteiger partial charge in [-0.05, 0) is 37.1 Å². The second-order valence-corrected chi connectivity index (χ2v) is 5.01. The predicted molar refractivity (Wildman–Crippen MR) is 73.3 cm³/mol. The minimum absolute atomic E-state index is 0. The number of nitrogens with one attached hydrogen (secondary N) is 1. The molecule has 1 aromatic carbocycles. The highest BCUT2D eigenvalue weighted by molar-refractivity contribution is 6.43. The molecule has 0 spiro atoms. The fraction of sp³-hybridized carbons (Fsp3) is 0.455. The highest BCUT2D eigenvalue weighted by Crippen LogP contribution is 2.35. The number of benzene rings is 1. The average molecular weight is 301 g/mol. The zero-order valence-corrected chi connectivity index (χ0v) is 11.7. The van der Waals surface area contributed by atoms with Crippen LogP contribution in [0.4, 0.5) is 0 Å². The Morgan fingerprint density at radius 3 is 2.50 bits per heavy atom. The van der Waals surface area contributed by atoms with Crippen molar-refractivity contribution in [1.29, 1.82) is 0 Å². The topological polar surface area (TPSA) is 12.0 Å². The van der Waals surface area contributed by atoms with E-state index in [4.69, 9.17) is 34.8 Å². The predicted octanol–water partition coefficient (Wildman–Crippen LogP) is 4.88. The average Bonchev–Trinajstić information content (AvgIpc) is 2.24. The van der Waals surface area contributed by atoms with E-state index in [1.165, 1.54) is 12.8 Å². The number of halogens is 4. The van der Waals surface area contributed by atoms with Gasteiger partial charge in [0.15, 0.2) is 0 Å².